The average molecular weight is 269 g/mol. The van der Waals surface area contributed by atoms with Gasteiger partial charge in [0.1, 0.15) is 5.75 Å². The number of rotatable bonds is 6. The van der Waals surface area contributed by atoms with Crippen LogP contribution in [-0.4, -0.2) is 19.7 Å². The number of anilines is 1. The van der Waals surface area contributed by atoms with Gasteiger partial charge in [-0.25, -0.2) is 0 Å². The maximum absolute atomic E-state index is 5.56. The van der Waals surface area contributed by atoms with E-state index in [4.69, 9.17) is 4.74 Å². The van der Waals surface area contributed by atoms with Crippen molar-refractivity contribution in [3.05, 3.63) is 48.5 Å². The van der Waals surface area contributed by atoms with E-state index in [1.807, 2.05) is 19.1 Å². The van der Waals surface area contributed by atoms with E-state index in [-0.39, 0.29) is 0 Å². The fourth-order valence-electron chi connectivity index (χ4n) is 2.39. The summed E-state index contributed by atoms with van der Waals surface area (Å²) in [6.45, 7) is 9.15. The molecular weight excluding hydrogens is 246 g/mol. The molecule has 20 heavy (non-hydrogen) atoms. The lowest BCUT2D eigenvalue weighted by Crippen LogP contribution is -2.21. The van der Waals surface area contributed by atoms with E-state index in [9.17, 15) is 0 Å². The Balaban J connectivity index is 2.23. The van der Waals surface area contributed by atoms with E-state index in [1.165, 1.54) is 16.8 Å². The fourth-order valence-corrected chi connectivity index (χ4v) is 2.39. The number of ether oxygens (including phenoxy) is 1. The van der Waals surface area contributed by atoms with E-state index in [0.29, 0.717) is 6.61 Å². The molecule has 0 unspecified atom stereocenters. The lowest BCUT2D eigenvalue weighted by molar-refractivity contribution is 0.340. The minimum absolute atomic E-state index is 0.699. The molecule has 2 heteroatoms. The third kappa shape index (κ3) is 3.32. The van der Waals surface area contributed by atoms with Crippen molar-refractivity contribution in [1.29, 1.82) is 0 Å². The van der Waals surface area contributed by atoms with Crippen molar-refractivity contribution in [1.82, 2.24) is 0 Å². The first-order chi connectivity index (χ1) is 9.78. The summed E-state index contributed by atoms with van der Waals surface area (Å²) in [7, 11) is 0. The number of nitrogens with zero attached hydrogens (tertiary/aromatic N) is 1. The van der Waals surface area contributed by atoms with Crippen molar-refractivity contribution < 1.29 is 4.74 Å². The predicted octanol–water partition coefficient (Wildman–Crippen LogP) is 4.60. The standard InChI is InChI=1S/C18H23NO/c1-4-19(5-2)17-12-10-15(11-13-17)16-8-7-9-18(14-16)20-6-3/h7-14H,4-6H2,1-3H3. The molecule has 0 aliphatic rings. The molecular formula is C18H23NO. The van der Waals surface area contributed by atoms with E-state index >= 15 is 0 Å². The highest BCUT2D eigenvalue weighted by Crippen LogP contribution is 2.26. The van der Waals surface area contributed by atoms with Crippen LogP contribution in [0, 0.1) is 0 Å². The quantitative estimate of drug-likeness (QED) is 0.760. The molecule has 0 saturated heterocycles. The van der Waals surface area contributed by atoms with Crippen molar-refractivity contribution >= 4 is 5.69 Å². The van der Waals surface area contributed by atoms with Crippen molar-refractivity contribution in [3.63, 3.8) is 0 Å². The van der Waals surface area contributed by atoms with Gasteiger partial charge in [-0.2, -0.15) is 0 Å². The first kappa shape index (κ1) is 14.4. The Morgan fingerprint density at radius 1 is 0.850 bits per heavy atom. The molecule has 0 heterocycles. The summed E-state index contributed by atoms with van der Waals surface area (Å²) in [5.74, 6) is 0.929. The zero-order chi connectivity index (χ0) is 14.4. The Morgan fingerprint density at radius 3 is 2.15 bits per heavy atom. The van der Waals surface area contributed by atoms with Gasteiger partial charge in [0, 0.05) is 18.8 Å². The molecule has 0 N–H and O–H groups in total. The summed E-state index contributed by atoms with van der Waals surface area (Å²) in [4.78, 5) is 2.35. The molecule has 0 aromatic heterocycles. The lowest BCUT2D eigenvalue weighted by atomic mass is 10.0. The molecule has 0 radical (unpaired) electrons. The minimum atomic E-state index is 0.699. The molecule has 0 fully saturated rings. The summed E-state index contributed by atoms with van der Waals surface area (Å²) in [6.07, 6.45) is 0. The van der Waals surface area contributed by atoms with Crippen LogP contribution in [0.5, 0.6) is 5.75 Å². The monoisotopic (exact) mass is 269 g/mol. The van der Waals surface area contributed by atoms with Gasteiger partial charge in [0.25, 0.3) is 0 Å². The predicted molar refractivity (Wildman–Crippen MR) is 86.6 cm³/mol. The van der Waals surface area contributed by atoms with Crippen LogP contribution in [0.2, 0.25) is 0 Å². The van der Waals surface area contributed by atoms with Gasteiger partial charge in [-0.3, -0.25) is 0 Å². The summed E-state index contributed by atoms with van der Waals surface area (Å²) < 4.78 is 5.56. The zero-order valence-electron chi connectivity index (χ0n) is 12.6. The minimum Gasteiger partial charge on any atom is -0.494 e. The van der Waals surface area contributed by atoms with Crippen molar-refractivity contribution in [2.75, 3.05) is 24.6 Å². The van der Waals surface area contributed by atoms with Gasteiger partial charge in [0.05, 0.1) is 6.61 Å². The van der Waals surface area contributed by atoms with E-state index in [2.05, 4.69) is 55.1 Å². The molecule has 0 aliphatic carbocycles. The highest BCUT2D eigenvalue weighted by atomic mass is 16.5. The Hall–Kier alpha value is -1.96. The second kappa shape index (κ2) is 6.99. The van der Waals surface area contributed by atoms with Gasteiger partial charge in [-0.1, -0.05) is 24.3 Å². The van der Waals surface area contributed by atoms with Gasteiger partial charge < -0.3 is 9.64 Å². The average Bonchev–Trinajstić information content (AvgIpc) is 2.50. The number of hydrogen-bond acceptors (Lipinski definition) is 2. The highest BCUT2D eigenvalue weighted by molar-refractivity contribution is 5.67. The lowest BCUT2D eigenvalue weighted by Gasteiger charge is -2.21. The third-order valence-electron chi connectivity index (χ3n) is 3.47. The Bertz CT molecular complexity index is 529. The first-order valence-electron chi connectivity index (χ1n) is 7.36. The summed E-state index contributed by atoms with van der Waals surface area (Å²) in [5.41, 5.74) is 3.70. The second-order valence-corrected chi connectivity index (χ2v) is 4.68. The van der Waals surface area contributed by atoms with Crippen LogP contribution in [0.15, 0.2) is 48.5 Å². The molecule has 0 bridgehead atoms. The van der Waals surface area contributed by atoms with Gasteiger partial charge >= 0.3 is 0 Å². The van der Waals surface area contributed by atoms with Crippen LogP contribution in [0.4, 0.5) is 5.69 Å². The topological polar surface area (TPSA) is 12.5 Å². The van der Waals surface area contributed by atoms with E-state index < -0.39 is 0 Å². The van der Waals surface area contributed by atoms with Crippen LogP contribution < -0.4 is 9.64 Å². The van der Waals surface area contributed by atoms with Crippen LogP contribution in [0.25, 0.3) is 11.1 Å². The molecule has 0 saturated carbocycles. The van der Waals surface area contributed by atoms with Crippen molar-refractivity contribution in [2.45, 2.75) is 20.8 Å². The van der Waals surface area contributed by atoms with Gasteiger partial charge in [0.2, 0.25) is 0 Å². The molecule has 2 aromatic carbocycles. The van der Waals surface area contributed by atoms with Gasteiger partial charge in [-0.05, 0) is 56.2 Å². The van der Waals surface area contributed by atoms with Crippen LogP contribution in [0.3, 0.4) is 0 Å². The molecule has 0 atom stereocenters. The van der Waals surface area contributed by atoms with Crippen molar-refractivity contribution in [3.8, 4) is 16.9 Å². The van der Waals surface area contributed by atoms with Gasteiger partial charge in [-0.15, -0.1) is 0 Å². The largest absolute Gasteiger partial charge is 0.494 e. The fraction of sp³-hybridized carbons (Fsp3) is 0.333. The van der Waals surface area contributed by atoms with E-state index in [0.717, 1.165) is 18.8 Å². The van der Waals surface area contributed by atoms with E-state index in [1.54, 1.807) is 0 Å². The molecule has 2 aromatic rings. The third-order valence-corrected chi connectivity index (χ3v) is 3.47. The van der Waals surface area contributed by atoms with Crippen LogP contribution in [0.1, 0.15) is 20.8 Å². The SMILES string of the molecule is CCOc1cccc(-c2ccc(N(CC)CC)cc2)c1. The Labute approximate surface area is 122 Å². The summed E-state index contributed by atoms with van der Waals surface area (Å²) in [5, 5.41) is 0. The maximum atomic E-state index is 5.56. The second-order valence-electron chi connectivity index (χ2n) is 4.68. The molecule has 0 spiro atoms. The Kier molecular flexibility index (Phi) is 5.05. The van der Waals surface area contributed by atoms with Crippen LogP contribution >= 0.6 is 0 Å². The molecule has 2 nitrogen and oxygen atoms in total. The first-order valence-corrected chi connectivity index (χ1v) is 7.36. The number of hydrogen-bond donors (Lipinski definition) is 0. The molecule has 0 amide bonds. The van der Waals surface area contributed by atoms with Crippen LogP contribution in [-0.2, 0) is 0 Å². The van der Waals surface area contributed by atoms with Crippen molar-refractivity contribution in [2.24, 2.45) is 0 Å². The summed E-state index contributed by atoms with van der Waals surface area (Å²) >= 11 is 0. The number of benzene rings is 2. The zero-order valence-corrected chi connectivity index (χ0v) is 12.6. The molecule has 0 aliphatic heterocycles. The molecule has 106 valence electrons. The Morgan fingerprint density at radius 2 is 1.55 bits per heavy atom. The highest BCUT2D eigenvalue weighted by Gasteiger charge is 2.03. The smallest absolute Gasteiger partial charge is 0.119 e. The summed E-state index contributed by atoms with van der Waals surface area (Å²) in [6, 6.07) is 17.0. The molecule has 2 rings (SSSR count). The van der Waals surface area contributed by atoms with Gasteiger partial charge in [0.15, 0.2) is 0 Å². The maximum Gasteiger partial charge on any atom is 0.119 e. The normalized spacial score (nSPS) is 10.3.